The first-order chi connectivity index (χ1) is 8.13. The molecule has 0 aliphatic carbocycles. The van der Waals surface area contributed by atoms with Crippen molar-refractivity contribution in [3.05, 3.63) is 63.2 Å². The molecule has 88 valence electrons. The van der Waals surface area contributed by atoms with Gasteiger partial charge in [0, 0.05) is 21.9 Å². The molecule has 0 amide bonds. The minimum Gasteiger partial charge on any atom is -0.381 e. The van der Waals surface area contributed by atoms with Gasteiger partial charge in [-0.3, -0.25) is 0 Å². The molecule has 1 N–H and O–H groups in total. The van der Waals surface area contributed by atoms with E-state index in [0.717, 1.165) is 15.3 Å². The number of rotatable bonds is 3. The van der Waals surface area contributed by atoms with Gasteiger partial charge in [0.1, 0.15) is 11.6 Å². The zero-order valence-electron chi connectivity index (χ0n) is 8.88. The molecule has 0 saturated heterocycles. The van der Waals surface area contributed by atoms with Crippen molar-refractivity contribution in [2.45, 2.75) is 6.54 Å². The van der Waals surface area contributed by atoms with E-state index in [4.69, 9.17) is 0 Å². The number of benzene rings is 2. The van der Waals surface area contributed by atoms with Gasteiger partial charge < -0.3 is 5.32 Å². The Bertz CT molecular complexity index is 491. The first-order valence-corrected chi connectivity index (χ1v) is 6.16. The summed E-state index contributed by atoms with van der Waals surface area (Å²) in [4.78, 5) is 0. The average Bonchev–Trinajstić information content (AvgIpc) is 2.27. The summed E-state index contributed by atoms with van der Waals surface area (Å²) in [6, 6.07) is 11.3. The smallest absolute Gasteiger partial charge is 0.126 e. The number of anilines is 1. The lowest BCUT2D eigenvalue weighted by atomic mass is 10.2. The lowest BCUT2D eigenvalue weighted by Crippen LogP contribution is -2.00. The molecule has 0 bridgehead atoms. The second kappa shape index (κ2) is 5.44. The molecule has 0 saturated carbocycles. The third kappa shape index (κ3) is 3.66. The van der Waals surface area contributed by atoms with Crippen molar-refractivity contribution in [3.8, 4) is 0 Å². The van der Waals surface area contributed by atoms with Crippen LogP contribution < -0.4 is 5.32 Å². The van der Waals surface area contributed by atoms with E-state index in [1.807, 2.05) is 24.3 Å². The van der Waals surface area contributed by atoms with Gasteiger partial charge in [-0.25, -0.2) is 8.78 Å². The fourth-order valence-corrected chi connectivity index (χ4v) is 1.84. The first-order valence-electron chi connectivity index (χ1n) is 5.08. The minimum atomic E-state index is -0.551. The van der Waals surface area contributed by atoms with Crippen LogP contribution in [0.5, 0.6) is 0 Å². The molecule has 0 radical (unpaired) electrons. The highest BCUT2D eigenvalue weighted by molar-refractivity contribution is 14.1. The summed E-state index contributed by atoms with van der Waals surface area (Å²) in [6.45, 7) is 0.398. The summed E-state index contributed by atoms with van der Waals surface area (Å²) in [5.41, 5.74) is 1.51. The van der Waals surface area contributed by atoms with Gasteiger partial charge in [-0.1, -0.05) is 0 Å². The maximum absolute atomic E-state index is 12.9. The molecule has 2 aromatic rings. The number of hydrogen-bond donors (Lipinski definition) is 1. The molecule has 1 nitrogen and oxygen atoms in total. The van der Waals surface area contributed by atoms with Gasteiger partial charge >= 0.3 is 0 Å². The molecular weight excluding hydrogens is 335 g/mol. The van der Waals surface area contributed by atoms with Crippen LogP contribution in [0.3, 0.4) is 0 Å². The zero-order chi connectivity index (χ0) is 12.3. The second-order valence-electron chi connectivity index (χ2n) is 3.64. The van der Waals surface area contributed by atoms with Crippen LogP contribution in [0, 0.1) is 15.2 Å². The largest absolute Gasteiger partial charge is 0.381 e. The summed E-state index contributed by atoms with van der Waals surface area (Å²) in [5, 5.41) is 3.11. The van der Waals surface area contributed by atoms with Crippen molar-refractivity contribution in [3.63, 3.8) is 0 Å². The molecule has 0 heterocycles. The van der Waals surface area contributed by atoms with Crippen molar-refractivity contribution in [1.29, 1.82) is 0 Å². The molecule has 0 aliphatic rings. The van der Waals surface area contributed by atoms with Crippen LogP contribution in [-0.4, -0.2) is 0 Å². The highest BCUT2D eigenvalue weighted by atomic mass is 127. The first kappa shape index (κ1) is 12.3. The minimum absolute atomic E-state index is 0.398. The van der Waals surface area contributed by atoms with Gasteiger partial charge in [-0.15, -0.1) is 0 Å². The average molecular weight is 345 g/mol. The monoisotopic (exact) mass is 345 g/mol. The van der Waals surface area contributed by atoms with Crippen molar-refractivity contribution < 1.29 is 8.78 Å². The Hall–Kier alpha value is -1.17. The third-order valence-corrected chi connectivity index (χ3v) is 2.98. The van der Waals surface area contributed by atoms with Gasteiger partial charge in [-0.2, -0.15) is 0 Å². The summed E-state index contributed by atoms with van der Waals surface area (Å²) in [7, 11) is 0. The van der Waals surface area contributed by atoms with Crippen LogP contribution in [0.1, 0.15) is 5.56 Å². The van der Waals surface area contributed by atoms with Crippen molar-refractivity contribution in [2.24, 2.45) is 0 Å². The molecule has 0 aromatic heterocycles. The molecule has 0 aliphatic heterocycles. The van der Waals surface area contributed by atoms with E-state index in [1.165, 1.54) is 12.1 Å². The quantitative estimate of drug-likeness (QED) is 0.823. The Morgan fingerprint density at radius 3 is 2.12 bits per heavy atom. The predicted molar refractivity (Wildman–Crippen MR) is 72.8 cm³/mol. The van der Waals surface area contributed by atoms with Gasteiger partial charge in [0.15, 0.2) is 0 Å². The summed E-state index contributed by atoms with van der Waals surface area (Å²) >= 11 is 2.22. The molecule has 0 spiro atoms. The maximum Gasteiger partial charge on any atom is 0.126 e. The topological polar surface area (TPSA) is 12.0 Å². The van der Waals surface area contributed by atoms with E-state index in [9.17, 15) is 8.78 Å². The Balaban J connectivity index is 2.04. The molecule has 0 unspecified atom stereocenters. The predicted octanol–water partition coefficient (Wildman–Crippen LogP) is 4.18. The van der Waals surface area contributed by atoms with E-state index in [0.29, 0.717) is 12.1 Å². The van der Waals surface area contributed by atoms with Gasteiger partial charge in [0.05, 0.1) is 0 Å². The molecule has 0 atom stereocenters. The van der Waals surface area contributed by atoms with E-state index in [1.54, 1.807) is 0 Å². The molecule has 0 fully saturated rings. The molecule has 4 heteroatoms. The summed E-state index contributed by atoms with van der Waals surface area (Å²) in [6.07, 6.45) is 0. The van der Waals surface area contributed by atoms with Crippen molar-refractivity contribution in [1.82, 2.24) is 0 Å². The van der Waals surface area contributed by atoms with Crippen LogP contribution in [0.4, 0.5) is 14.5 Å². The number of hydrogen-bond acceptors (Lipinski definition) is 1. The fraction of sp³-hybridized carbons (Fsp3) is 0.0769. The highest BCUT2D eigenvalue weighted by Crippen LogP contribution is 2.13. The van der Waals surface area contributed by atoms with Crippen molar-refractivity contribution in [2.75, 3.05) is 5.32 Å². The normalized spacial score (nSPS) is 10.3. The molecule has 17 heavy (non-hydrogen) atoms. The standard InChI is InChI=1S/C13H10F2IN/c14-10-5-9(6-11(15)7-10)8-17-13-3-1-12(16)2-4-13/h1-7,17H,8H2. The Kier molecular flexibility index (Phi) is 3.93. The van der Waals surface area contributed by atoms with Crippen LogP contribution >= 0.6 is 22.6 Å². The molecule has 2 aromatic carbocycles. The lowest BCUT2D eigenvalue weighted by Gasteiger charge is -2.07. The maximum atomic E-state index is 12.9. The lowest BCUT2D eigenvalue weighted by molar-refractivity contribution is 0.580. The summed E-state index contributed by atoms with van der Waals surface area (Å²) < 4.78 is 27.0. The van der Waals surface area contributed by atoms with Gasteiger partial charge in [0.2, 0.25) is 0 Å². The van der Waals surface area contributed by atoms with Crippen LogP contribution in [0.15, 0.2) is 42.5 Å². The SMILES string of the molecule is Fc1cc(F)cc(CNc2ccc(I)cc2)c1. The fourth-order valence-electron chi connectivity index (χ4n) is 1.48. The Morgan fingerprint density at radius 1 is 0.941 bits per heavy atom. The molecular formula is C13H10F2IN. The van der Waals surface area contributed by atoms with Crippen LogP contribution in [-0.2, 0) is 6.54 Å². The summed E-state index contributed by atoms with van der Waals surface area (Å²) in [5.74, 6) is -1.10. The Labute approximate surface area is 112 Å². The number of nitrogens with one attached hydrogen (secondary N) is 1. The van der Waals surface area contributed by atoms with E-state index in [-0.39, 0.29) is 0 Å². The van der Waals surface area contributed by atoms with E-state index < -0.39 is 11.6 Å². The van der Waals surface area contributed by atoms with E-state index in [2.05, 4.69) is 27.9 Å². The highest BCUT2D eigenvalue weighted by Gasteiger charge is 2.00. The second-order valence-corrected chi connectivity index (χ2v) is 4.88. The van der Waals surface area contributed by atoms with Crippen LogP contribution in [0.25, 0.3) is 0 Å². The van der Waals surface area contributed by atoms with Crippen LogP contribution in [0.2, 0.25) is 0 Å². The van der Waals surface area contributed by atoms with Gasteiger partial charge in [0.25, 0.3) is 0 Å². The third-order valence-electron chi connectivity index (χ3n) is 2.26. The number of halogens is 3. The molecule has 2 rings (SSSR count). The van der Waals surface area contributed by atoms with Crippen molar-refractivity contribution >= 4 is 28.3 Å². The van der Waals surface area contributed by atoms with E-state index >= 15 is 0 Å². The van der Waals surface area contributed by atoms with Gasteiger partial charge in [-0.05, 0) is 64.6 Å². The Morgan fingerprint density at radius 2 is 1.53 bits per heavy atom. The zero-order valence-corrected chi connectivity index (χ0v) is 11.0.